The van der Waals surface area contributed by atoms with E-state index >= 15 is 0 Å². The van der Waals surface area contributed by atoms with Gasteiger partial charge >= 0.3 is 0 Å². The zero-order valence-corrected chi connectivity index (χ0v) is 24.9. The Hall–Kier alpha value is -3.92. The van der Waals surface area contributed by atoms with Crippen LogP contribution in [0.25, 0.3) is 11.1 Å². The summed E-state index contributed by atoms with van der Waals surface area (Å²) in [6, 6.07) is 13.4. The number of imidazole rings is 1. The molecule has 1 N–H and O–H groups in total. The zero-order chi connectivity index (χ0) is 29.1. The van der Waals surface area contributed by atoms with E-state index < -0.39 is 10.0 Å². The van der Waals surface area contributed by atoms with Gasteiger partial charge in [0.1, 0.15) is 12.2 Å². The van der Waals surface area contributed by atoms with Gasteiger partial charge in [-0.25, -0.2) is 13.4 Å². The van der Waals surface area contributed by atoms with Crippen molar-refractivity contribution in [3.8, 4) is 22.9 Å². The average Bonchev–Trinajstić information content (AvgIpc) is 3.37. The number of sulfonamides is 1. The van der Waals surface area contributed by atoms with Crippen LogP contribution in [0.4, 0.5) is 5.69 Å². The van der Waals surface area contributed by atoms with E-state index in [1.54, 1.807) is 6.07 Å². The Kier molecular flexibility index (Phi) is 8.48. The predicted molar refractivity (Wildman–Crippen MR) is 156 cm³/mol. The van der Waals surface area contributed by atoms with Crippen LogP contribution in [-0.4, -0.2) is 42.2 Å². The fraction of sp³-hybridized carbons (Fsp3) is 0.367. The van der Waals surface area contributed by atoms with Crippen molar-refractivity contribution in [2.45, 2.75) is 57.9 Å². The molecule has 0 spiro atoms. The number of methoxy groups -OCH3 is 2. The van der Waals surface area contributed by atoms with Crippen molar-refractivity contribution in [3.63, 3.8) is 0 Å². The minimum Gasteiger partial charge on any atom is -0.479 e. The molecule has 9 nitrogen and oxygen atoms in total. The highest BCUT2D eigenvalue weighted by molar-refractivity contribution is 7.92. The van der Waals surface area contributed by atoms with Crippen LogP contribution in [0.15, 0.2) is 66.1 Å². The molecule has 0 aliphatic heterocycles. The average molecular weight is 564 g/mol. The maximum absolute atomic E-state index is 13.8. The van der Waals surface area contributed by atoms with E-state index in [1.807, 2.05) is 48.8 Å². The standard InChI is InChI=1S/C30H37N5O4S/c1-20(2)16-22-10-13-25(40(36,37)34-26-27(38-6)32-19-33-28(26)39-7)24(17-22)23-11-8-21(9-12-23)18-35-15-14-31-29(35)30(3,4)5/h8-15,17,19-20,34H,16,18H2,1-7H3. The van der Waals surface area contributed by atoms with Crippen LogP contribution in [0, 0.1) is 5.92 Å². The molecule has 4 aromatic rings. The number of nitrogens with one attached hydrogen (secondary N) is 1. The van der Waals surface area contributed by atoms with E-state index in [0.717, 1.165) is 28.9 Å². The van der Waals surface area contributed by atoms with Gasteiger partial charge in [-0.2, -0.15) is 9.97 Å². The van der Waals surface area contributed by atoms with Crippen molar-refractivity contribution in [3.05, 3.63) is 78.1 Å². The van der Waals surface area contributed by atoms with Gasteiger partial charge in [-0.05, 0) is 41.2 Å². The molecule has 0 unspecified atom stereocenters. The van der Waals surface area contributed by atoms with Crippen molar-refractivity contribution in [1.29, 1.82) is 0 Å². The fourth-order valence-electron chi connectivity index (χ4n) is 4.64. The summed E-state index contributed by atoms with van der Waals surface area (Å²) in [7, 11) is -1.27. The van der Waals surface area contributed by atoms with Crippen molar-refractivity contribution in [2.24, 2.45) is 5.92 Å². The van der Waals surface area contributed by atoms with Crippen molar-refractivity contribution >= 4 is 15.7 Å². The summed E-state index contributed by atoms with van der Waals surface area (Å²) < 4.78 is 42.8. The lowest BCUT2D eigenvalue weighted by Gasteiger charge is -2.20. The number of benzene rings is 2. The number of rotatable bonds is 10. The van der Waals surface area contributed by atoms with Crippen molar-refractivity contribution in [2.75, 3.05) is 18.9 Å². The highest BCUT2D eigenvalue weighted by atomic mass is 32.2. The lowest BCUT2D eigenvalue weighted by atomic mass is 9.95. The van der Waals surface area contributed by atoms with Gasteiger partial charge in [-0.15, -0.1) is 0 Å². The summed E-state index contributed by atoms with van der Waals surface area (Å²) in [5.41, 5.74) is 3.49. The molecule has 0 aliphatic carbocycles. The topological polar surface area (TPSA) is 108 Å². The molecule has 40 heavy (non-hydrogen) atoms. The van der Waals surface area contributed by atoms with Crippen LogP contribution in [-0.2, 0) is 28.4 Å². The first-order valence-electron chi connectivity index (χ1n) is 13.1. The highest BCUT2D eigenvalue weighted by Gasteiger charge is 2.25. The van der Waals surface area contributed by atoms with Gasteiger partial charge in [-0.1, -0.05) is 65.0 Å². The summed E-state index contributed by atoms with van der Waals surface area (Å²) >= 11 is 0. The normalized spacial score (nSPS) is 12.0. The Bertz CT molecular complexity index is 1550. The number of hydrogen-bond acceptors (Lipinski definition) is 7. The second-order valence-corrected chi connectivity index (χ2v) is 12.8. The fourth-order valence-corrected chi connectivity index (χ4v) is 5.91. The molecule has 0 bridgehead atoms. The molecule has 0 atom stereocenters. The Morgan fingerprint density at radius 2 is 1.55 bits per heavy atom. The lowest BCUT2D eigenvalue weighted by Crippen LogP contribution is -2.19. The Morgan fingerprint density at radius 3 is 2.12 bits per heavy atom. The quantitative estimate of drug-likeness (QED) is 0.264. The number of nitrogens with zero attached hydrogens (tertiary/aromatic N) is 4. The largest absolute Gasteiger partial charge is 0.479 e. The van der Waals surface area contributed by atoms with Gasteiger partial charge in [0.2, 0.25) is 11.8 Å². The van der Waals surface area contributed by atoms with Gasteiger partial charge in [0.25, 0.3) is 10.0 Å². The number of ether oxygens (including phenoxy) is 2. The SMILES string of the molecule is COc1ncnc(OC)c1NS(=O)(=O)c1ccc(CC(C)C)cc1-c1ccc(Cn2ccnc2C(C)(C)C)cc1. The maximum Gasteiger partial charge on any atom is 0.262 e. The van der Waals surface area contributed by atoms with E-state index in [4.69, 9.17) is 9.47 Å². The summed E-state index contributed by atoms with van der Waals surface area (Å²) in [5, 5.41) is 0. The minimum atomic E-state index is -4.08. The molecule has 0 radical (unpaired) electrons. The molecular formula is C30H37N5O4S. The molecule has 0 aliphatic rings. The molecule has 0 saturated carbocycles. The summed E-state index contributed by atoms with van der Waals surface area (Å²) in [5.74, 6) is 1.55. The van der Waals surface area contributed by atoms with E-state index in [-0.39, 0.29) is 27.8 Å². The van der Waals surface area contributed by atoms with Gasteiger partial charge < -0.3 is 14.0 Å². The van der Waals surface area contributed by atoms with Crippen LogP contribution < -0.4 is 14.2 Å². The van der Waals surface area contributed by atoms with Crippen LogP contribution >= 0.6 is 0 Å². The summed E-state index contributed by atoms with van der Waals surface area (Å²) in [4.78, 5) is 12.7. The first-order chi connectivity index (χ1) is 18.9. The van der Waals surface area contributed by atoms with Crippen LogP contribution in [0.1, 0.15) is 51.6 Å². The van der Waals surface area contributed by atoms with Crippen LogP contribution in [0.5, 0.6) is 11.8 Å². The first kappa shape index (κ1) is 29.1. The number of anilines is 1. The highest BCUT2D eigenvalue weighted by Crippen LogP contribution is 2.35. The van der Waals surface area contributed by atoms with E-state index in [2.05, 4.69) is 58.9 Å². The van der Waals surface area contributed by atoms with Gasteiger partial charge in [-0.3, -0.25) is 4.72 Å². The third-order valence-corrected chi connectivity index (χ3v) is 7.79. The maximum atomic E-state index is 13.8. The van der Waals surface area contributed by atoms with Gasteiger partial charge in [0.05, 0.1) is 19.1 Å². The number of hydrogen-bond donors (Lipinski definition) is 1. The monoisotopic (exact) mass is 563 g/mol. The third kappa shape index (κ3) is 6.44. The summed E-state index contributed by atoms with van der Waals surface area (Å²) in [6.45, 7) is 11.4. The molecule has 2 aromatic heterocycles. The van der Waals surface area contributed by atoms with Gasteiger partial charge in [0, 0.05) is 29.9 Å². The van der Waals surface area contributed by atoms with E-state index in [1.165, 1.54) is 20.5 Å². The first-order valence-corrected chi connectivity index (χ1v) is 14.6. The molecule has 2 aromatic carbocycles. The molecule has 2 heterocycles. The number of aromatic nitrogens is 4. The molecule has 0 fully saturated rings. The van der Waals surface area contributed by atoms with Crippen molar-refractivity contribution < 1.29 is 17.9 Å². The molecular weight excluding hydrogens is 526 g/mol. The van der Waals surface area contributed by atoms with Crippen molar-refractivity contribution in [1.82, 2.24) is 19.5 Å². The smallest absolute Gasteiger partial charge is 0.262 e. The lowest BCUT2D eigenvalue weighted by molar-refractivity contribution is 0.376. The Labute approximate surface area is 236 Å². The van der Waals surface area contributed by atoms with Crippen LogP contribution in [0.3, 0.4) is 0 Å². The third-order valence-electron chi connectivity index (χ3n) is 6.38. The molecule has 0 amide bonds. The zero-order valence-electron chi connectivity index (χ0n) is 24.1. The Morgan fingerprint density at radius 1 is 0.925 bits per heavy atom. The molecule has 4 rings (SSSR count). The molecule has 212 valence electrons. The van der Waals surface area contributed by atoms with Gasteiger partial charge in [0.15, 0.2) is 5.69 Å². The van der Waals surface area contributed by atoms with E-state index in [0.29, 0.717) is 18.0 Å². The molecule has 0 saturated heterocycles. The summed E-state index contributed by atoms with van der Waals surface area (Å²) in [6.07, 6.45) is 5.87. The second kappa shape index (κ2) is 11.7. The minimum absolute atomic E-state index is 0.0371. The van der Waals surface area contributed by atoms with E-state index in [9.17, 15) is 8.42 Å². The second-order valence-electron chi connectivity index (χ2n) is 11.1. The predicted octanol–water partition coefficient (Wildman–Crippen LogP) is 5.70. The Balaban J connectivity index is 1.74. The molecule has 10 heteroatoms. The van der Waals surface area contributed by atoms with Crippen LogP contribution in [0.2, 0.25) is 0 Å².